The zero-order chi connectivity index (χ0) is 27.8. The number of anilines is 2. The lowest BCUT2D eigenvalue weighted by atomic mass is 10.1. The number of rotatable bonds is 10. The molecule has 4 rings (SSSR count). The van der Waals surface area contributed by atoms with Crippen molar-refractivity contribution in [1.29, 1.82) is 0 Å². The molecule has 7 nitrogen and oxygen atoms in total. The van der Waals surface area contributed by atoms with Crippen molar-refractivity contribution in [2.75, 3.05) is 32.0 Å². The minimum atomic E-state index is -0.610. The van der Waals surface area contributed by atoms with Gasteiger partial charge in [0.1, 0.15) is 22.5 Å². The number of amides is 2. The van der Waals surface area contributed by atoms with Crippen molar-refractivity contribution in [1.82, 2.24) is 0 Å². The van der Waals surface area contributed by atoms with E-state index in [9.17, 15) is 9.59 Å². The highest BCUT2D eigenvalue weighted by molar-refractivity contribution is 8.00. The van der Waals surface area contributed by atoms with Crippen molar-refractivity contribution < 1.29 is 23.8 Å². The maximum absolute atomic E-state index is 13.6. The molecule has 0 heterocycles. The molecule has 0 radical (unpaired) electrons. The summed E-state index contributed by atoms with van der Waals surface area (Å²) in [6.45, 7) is 0. The number of methoxy groups -OCH3 is 3. The van der Waals surface area contributed by atoms with E-state index in [-0.39, 0.29) is 11.8 Å². The van der Waals surface area contributed by atoms with E-state index in [0.29, 0.717) is 39.2 Å². The summed E-state index contributed by atoms with van der Waals surface area (Å²) >= 11 is 7.67. The Bertz CT molecular complexity index is 1470. The Morgan fingerprint density at radius 1 is 0.769 bits per heavy atom. The first kappa shape index (κ1) is 27.9. The molecule has 0 saturated heterocycles. The van der Waals surface area contributed by atoms with E-state index in [2.05, 4.69) is 10.6 Å². The third-order valence-electron chi connectivity index (χ3n) is 5.75. The molecule has 9 heteroatoms. The Morgan fingerprint density at radius 2 is 1.51 bits per heavy atom. The maximum Gasteiger partial charge on any atom is 0.255 e. The molecule has 2 N–H and O–H groups in total. The van der Waals surface area contributed by atoms with E-state index in [1.165, 1.54) is 26.0 Å². The van der Waals surface area contributed by atoms with Crippen LogP contribution in [0.2, 0.25) is 5.02 Å². The third kappa shape index (κ3) is 7.04. The maximum atomic E-state index is 13.6. The number of ether oxygens (including phenoxy) is 3. The van der Waals surface area contributed by atoms with Crippen LogP contribution in [0.4, 0.5) is 11.4 Å². The fraction of sp³-hybridized carbons (Fsp3) is 0.133. The van der Waals surface area contributed by atoms with Gasteiger partial charge in [-0.25, -0.2) is 0 Å². The van der Waals surface area contributed by atoms with Crippen molar-refractivity contribution in [2.24, 2.45) is 0 Å². The molecule has 2 amide bonds. The van der Waals surface area contributed by atoms with E-state index in [1.807, 2.05) is 48.5 Å². The van der Waals surface area contributed by atoms with Crippen molar-refractivity contribution in [2.45, 2.75) is 10.1 Å². The van der Waals surface area contributed by atoms with Crippen LogP contribution in [-0.4, -0.2) is 33.1 Å². The zero-order valence-electron chi connectivity index (χ0n) is 21.6. The molecule has 0 spiro atoms. The minimum Gasteiger partial charge on any atom is -0.497 e. The molecule has 0 aliphatic heterocycles. The van der Waals surface area contributed by atoms with Gasteiger partial charge in [-0.2, -0.15) is 0 Å². The molecule has 1 atom stereocenters. The van der Waals surface area contributed by atoms with E-state index in [0.717, 1.165) is 10.5 Å². The van der Waals surface area contributed by atoms with Gasteiger partial charge in [0.15, 0.2) is 0 Å². The van der Waals surface area contributed by atoms with Crippen LogP contribution in [0.15, 0.2) is 95.9 Å². The van der Waals surface area contributed by atoms with Gasteiger partial charge in [0.05, 0.1) is 32.0 Å². The normalized spacial score (nSPS) is 11.3. The molecular formula is C30H27ClN2O5S. The van der Waals surface area contributed by atoms with Gasteiger partial charge >= 0.3 is 0 Å². The lowest BCUT2D eigenvalue weighted by molar-refractivity contribution is -0.115. The van der Waals surface area contributed by atoms with Gasteiger partial charge in [-0.3, -0.25) is 9.59 Å². The number of hydrogen-bond donors (Lipinski definition) is 2. The van der Waals surface area contributed by atoms with Crippen LogP contribution < -0.4 is 24.8 Å². The fourth-order valence-corrected chi connectivity index (χ4v) is 5.13. The second kappa shape index (κ2) is 13.1. The summed E-state index contributed by atoms with van der Waals surface area (Å²) in [5.74, 6) is 0.920. The Labute approximate surface area is 236 Å². The van der Waals surface area contributed by atoms with Crippen LogP contribution in [0, 0.1) is 0 Å². The van der Waals surface area contributed by atoms with Crippen molar-refractivity contribution >= 4 is 46.6 Å². The number of nitrogens with one attached hydrogen (secondary N) is 2. The highest BCUT2D eigenvalue weighted by Gasteiger charge is 2.24. The monoisotopic (exact) mass is 562 g/mol. The molecule has 4 aromatic carbocycles. The van der Waals surface area contributed by atoms with Gasteiger partial charge in [0, 0.05) is 22.2 Å². The number of benzene rings is 4. The average Bonchev–Trinajstić information content (AvgIpc) is 2.96. The summed E-state index contributed by atoms with van der Waals surface area (Å²) in [7, 11) is 4.57. The molecule has 0 fully saturated rings. The number of thioether (sulfide) groups is 1. The minimum absolute atomic E-state index is 0.267. The Balaban J connectivity index is 1.57. The lowest BCUT2D eigenvalue weighted by Crippen LogP contribution is -2.19. The quantitative estimate of drug-likeness (QED) is 0.201. The summed E-state index contributed by atoms with van der Waals surface area (Å²) < 4.78 is 15.9. The smallest absolute Gasteiger partial charge is 0.255 e. The molecule has 200 valence electrons. The molecule has 0 aromatic heterocycles. The van der Waals surface area contributed by atoms with Crippen LogP contribution in [0.25, 0.3) is 0 Å². The summed E-state index contributed by atoms with van der Waals surface area (Å²) in [5, 5.41) is 5.59. The number of carbonyl (C=O) groups is 2. The van der Waals surface area contributed by atoms with Crippen LogP contribution in [0.5, 0.6) is 17.2 Å². The third-order valence-corrected chi connectivity index (χ3v) is 7.29. The van der Waals surface area contributed by atoms with Gasteiger partial charge in [0.2, 0.25) is 5.91 Å². The molecule has 0 saturated carbocycles. The molecule has 0 bridgehead atoms. The molecule has 4 aromatic rings. The molecule has 1 unspecified atom stereocenters. The average molecular weight is 563 g/mol. The van der Waals surface area contributed by atoms with Crippen LogP contribution in [0.1, 0.15) is 21.2 Å². The van der Waals surface area contributed by atoms with E-state index < -0.39 is 5.25 Å². The predicted octanol–water partition coefficient (Wildman–Crippen LogP) is 7.09. The Kier molecular flexibility index (Phi) is 9.35. The van der Waals surface area contributed by atoms with Crippen molar-refractivity contribution in [3.8, 4) is 17.2 Å². The van der Waals surface area contributed by atoms with Crippen LogP contribution in [-0.2, 0) is 4.79 Å². The summed E-state index contributed by atoms with van der Waals surface area (Å²) in [6, 6.07) is 26.9. The summed E-state index contributed by atoms with van der Waals surface area (Å²) in [6.07, 6.45) is 0. The van der Waals surface area contributed by atoms with Gasteiger partial charge in [0.25, 0.3) is 5.91 Å². The number of carbonyl (C=O) groups excluding carboxylic acids is 2. The topological polar surface area (TPSA) is 85.9 Å². The van der Waals surface area contributed by atoms with E-state index in [4.69, 9.17) is 25.8 Å². The van der Waals surface area contributed by atoms with Crippen molar-refractivity contribution in [3.05, 3.63) is 107 Å². The molecule has 0 aliphatic carbocycles. The predicted molar refractivity (Wildman–Crippen MR) is 156 cm³/mol. The SMILES string of the molecule is COc1cccc(C(=O)Nc2cccc(SC(C(=O)Nc3cc(Cl)c(OC)cc3OC)c3ccccc3)c2)c1. The molecule has 0 aliphatic rings. The second-order valence-corrected chi connectivity index (χ2v) is 9.88. The second-order valence-electron chi connectivity index (χ2n) is 8.30. The van der Waals surface area contributed by atoms with Gasteiger partial charge in [-0.15, -0.1) is 11.8 Å². The number of halogens is 1. The summed E-state index contributed by atoms with van der Waals surface area (Å²) in [5.41, 5.74) is 2.31. The first-order chi connectivity index (χ1) is 18.9. The highest BCUT2D eigenvalue weighted by atomic mass is 35.5. The fourth-order valence-electron chi connectivity index (χ4n) is 3.81. The van der Waals surface area contributed by atoms with Crippen LogP contribution in [0.3, 0.4) is 0 Å². The van der Waals surface area contributed by atoms with Gasteiger partial charge < -0.3 is 24.8 Å². The molecule has 39 heavy (non-hydrogen) atoms. The first-order valence-corrected chi connectivity index (χ1v) is 13.2. The lowest BCUT2D eigenvalue weighted by Gasteiger charge is -2.19. The van der Waals surface area contributed by atoms with Crippen molar-refractivity contribution in [3.63, 3.8) is 0 Å². The highest BCUT2D eigenvalue weighted by Crippen LogP contribution is 2.40. The molecular weight excluding hydrogens is 536 g/mol. The van der Waals surface area contributed by atoms with Gasteiger partial charge in [-0.05, 0) is 48.0 Å². The first-order valence-electron chi connectivity index (χ1n) is 11.9. The van der Waals surface area contributed by atoms with E-state index in [1.54, 1.807) is 49.6 Å². The standard InChI is InChI=1S/C30H27ClN2O5S/c1-36-22-13-7-11-20(15-22)29(34)32-21-12-8-14-23(16-21)39-28(19-9-5-4-6-10-19)30(35)33-25-17-24(31)26(37-2)18-27(25)38-3/h4-18,28H,1-3H3,(H,32,34)(H,33,35). The summed E-state index contributed by atoms with van der Waals surface area (Å²) in [4.78, 5) is 27.2. The van der Waals surface area contributed by atoms with Gasteiger partial charge in [-0.1, -0.05) is 54.1 Å². The number of hydrogen-bond acceptors (Lipinski definition) is 6. The Morgan fingerprint density at radius 3 is 2.23 bits per heavy atom. The Hall–Kier alpha value is -4.14. The zero-order valence-corrected chi connectivity index (χ0v) is 23.1. The van der Waals surface area contributed by atoms with Crippen LogP contribution >= 0.6 is 23.4 Å². The largest absolute Gasteiger partial charge is 0.497 e. The van der Waals surface area contributed by atoms with E-state index >= 15 is 0 Å².